The van der Waals surface area contributed by atoms with Gasteiger partial charge in [0.15, 0.2) is 9.84 Å². The Morgan fingerprint density at radius 1 is 1.15 bits per heavy atom. The van der Waals surface area contributed by atoms with Gasteiger partial charge in [0.05, 0.1) is 4.90 Å². The Hall–Kier alpha value is -0.870. The first-order valence-electron chi connectivity index (χ1n) is 7.28. The zero-order chi connectivity index (χ0) is 15.0. The van der Waals surface area contributed by atoms with Crippen LogP contribution in [0, 0.1) is 11.3 Å². The summed E-state index contributed by atoms with van der Waals surface area (Å²) in [4.78, 5) is 0.384. The molecule has 0 aliphatic heterocycles. The van der Waals surface area contributed by atoms with Gasteiger partial charge < -0.3 is 5.32 Å². The number of sulfone groups is 1. The first-order valence-corrected chi connectivity index (χ1v) is 9.17. The number of benzene rings is 1. The molecule has 1 saturated carbocycles. The molecule has 0 radical (unpaired) electrons. The SMILES string of the molecule is CC(NCC1(C(C)C)CC1)c1ccc(S(C)(=O)=O)cc1. The van der Waals surface area contributed by atoms with Gasteiger partial charge in [0, 0.05) is 18.8 Å². The minimum Gasteiger partial charge on any atom is -0.310 e. The molecule has 1 N–H and O–H groups in total. The molecule has 2 rings (SSSR count). The van der Waals surface area contributed by atoms with E-state index in [2.05, 4.69) is 26.1 Å². The van der Waals surface area contributed by atoms with Gasteiger partial charge in [-0.05, 0) is 48.8 Å². The zero-order valence-corrected chi connectivity index (χ0v) is 13.6. The van der Waals surface area contributed by atoms with Crippen LogP contribution in [-0.4, -0.2) is 21.2 Å². The minimum absolute atomic E-state index is 0.250. The molecule has 20 heavy (non-hydrogen) atoms. The molecule has 0 saturated heterocycles. The maximum absolute atomic E-state index is 11.4. The molecule has 1 fully saturated rings. The van der Waals surface area contributed by atoms with Crippen molar-refractivity contribution in [3.63, 3.8) is 0 Å². The van der Waals surface area contributed by atoms with E-state index in [1.807, 2.05) is 12.1 Å². The van der Waals surface area contributed by atoms with E-state index in [4.69, 9.17) is 0 Å². The Kier molecular flexibility index (Phi) is 4.26. The zero-order valence-electron chi connectivity index (χ0n) is 12.8. The quantitative estimate of drug-likeness (QED) is 0.877. The van der Waals surface area contributed by atoms with Gasteiger partial charge in [-0.15, -0.1) is 0 Å². The van der Waals surface area contributed by atoms with E-state index >= 15 is 0 Å². The monoisotopic (exact) mass is 295 g/mol. The second-order valence-corrected chi connectivity index (χ2v) is 8.48. The molecule has 0 bridgehead atoms. The lowest BCUT2D eigenvalue weighted by Crippen LogP contribution is -2.29. The molecule has 1 aliphatic rings. The third-order valence-corrected chi connectivity index (χ3v) is 5.81. The molecule has 1 unspecified atom stereocenters. The Morgan fingerprint density at radius 2 is 1.70 bits per heavy atom. The molecule has 0 heterocycles. The maximum Gasteiger partial charge on any atom is 0.175 e. The smallest absolute Gasteiger partial charge is 0.175 e. The van der Waals surface area contributed by atoms with Crippen LogP contribution in [0.4, 0.5) is 0 Å². The summed E-state index contributed by atoms with van der Waals surface area (Å²) in [5, 5.41) is 3.59. The van der Waals surface area contributed by atoms with Crippen LogP contribution in [0.25, 0.3) is 0 Å². The van der Waals surface area contributed by atoms with Crippen LogP contribution in [0.3, 0.4) is 0 Å². The molecule has 3 nitrogen and oxygen atoms in total. The lowest BCUT2D eigenvalue weighted by molar-refractivity contribution is 0.325. The summed E-state index contributed by atoms with van der Waals surface area (Å²) in [5.41, 5.74) is 1.62. The molecule has 0 amide bonds. The van der Waals surface area contributed by atoms with Gasteiger partial charge in [-0.25, -0.2) is 8.42 Å². The van der Waals surface area contributed by atoms with Crippen LogP contribution in [0.1, 0.15) is 45.2 Å². The first kappa shape index (κ1) is 15.5. The Labute approximate surface area is 122 Å². The van der Waals surface area contributed by atoms with Gasteiger partial charge in [0.1, 0.15) is 0 Å². The van der Waals surface area contributed by atoms with E-state index in [0.29, 0.717) is 10.3 Å². The fourth-order valence-corrected chi connectivity index (χ4v) is 3.23. The molecule has 1 aromatic rings. The molecule has 1 aromatic carbocycles. The predicted molar refractivity (Wildman–Crippen MR) is 82.5 cm³/mol. The van der Waals surface area contributed by atoms with Crippen LogP contribution in [0.5, 0.6) is 0 Å². The van der Waals surface area contributed by atoms with E-state index in [1.54, 1.807) is 12.1 Å². The van der Waals surface area contributed by atoms with E-state index in [1.165, 1.54) is 19.1 Å². The largest absolute Gasteiger partial charge is 0.310 e. The van der Waals surface area contributed by atoms with Crippen molar-refractivity contribution >= 4 is 9.84 Å². The standard InChI is InChI=1S/C16H25NO2S/c1-12(2)16(9-10-16)11-17-13(3)14-5-7-15(8-6-14)20(4,18)19/h5-8,12-13,17H,9-11H2,1-4H3. The van der Waals surface area contributed by atoms with Crippen molar-refractivity contribution in [1.82, 2.24) is 5.32 Å². The number of hydrogen-bond acceptors (Lipinski definition) is 3. The molecule has 0 spiro atoms. The van der Waals surface area contributed by atoms with Gasteiger partial charge in [0.2, 0.25) is 0 Å². The van der Waals surface area contributed by atoms with Crippen molar-refractivity contribution in [3.8, 4) is 0 Å². The molecule has 0 aromatic heterocycles. The highest BCUT2D eigenvalue weighted by atomic mass is 32.2. The Morgan fingerprint density at radius 3 is 2.10 bits per heavy atom. The van der Waals surface area contributed by atoms with Crippen LogP contribution in [-0.2, 0) is 9.84 Å². The van der Waals surface area contributed by atoms with Gasteiger partial charge in [-0.2, -0.15) is 0 Å². The van der Waals surface area contributed by atoms with Crippen molar-refractivity contribution in [1.29, 1.82) is 0 Å². The normalized spacial score (nSPS) is 19.1. The predicted octanol–water partition coefficient (Wildman–Crippen LogP) is 3.18. The van der Waals surface area contributed by atoms with Crippen molar-refractivity contribution in [2.45, 2.75) is 44.6 Å². The fraction of sp³-hybridized carbons (Fsp3) is 0.625. The average molecular weight is 295 g/mol. The molecule has 112 valence electrons. The molecule has 4 heteroatoms. The van der Waals surface area contributed by atoms with Crippen LogP contribution in [0.2, 0.25) is 0 Å². The Bertz CT molecular complexity index is 557. The highest BCUT2D eigenvalue weighted by Crippen LogP contribution is 2.51. The van der Waals surface area contributed by atoms with Crippen molar-refractivity contribution in [3.05, 3.63) is 29.8 Å². The second kappa shape index (κ2) is 5.49. The van der Waals surface area contributed by atoms with E-state index < -0.39 is 9.84 Å². The van der Waals surface area contributed by atoms with Gasteiger partial charge in [-0.3, -0.25) is 0 Å². The molecular formula is C16H25NO2S. The van der Waals surface area contributed by atoms with Gasteiger partial charge >= 0.3 is 0 Å². The number of hydrogen-bond donors (Lipinski definition) is 1. The third kappa shape index (κ3) is 3.41. The summed E-state index contributed by atoms with van der Waals surface area (Å²) in [6, 6.07) is 7.45. The van der Waals surface area contributed by atoms with Crippen LogP contribution < -0.4 is 5.32 Å². The number of rotatable bonds is 6. The van der Waals surface area contributed by atoms with Crippen LogP contribution >= 0.6 is 0 Å². The van der Waals surface area contributed by atoms with Crippen LogP contribution in [0.15, 0.2) is 29.2 Å². The summed E-state index contributed by atoms with van der Waals surface area (Å²) in [5.74, 6) is 0.717. The lowest BCUT2D eigenvalue weighted by atomic mass is 9.92. The molecular weight excluding hydrogens is 270 g/mol. The summed E-state index contributed by atoms with van der Waals surface area (Å²) in [6.45, 7) is 7.76. The molecule has 1 atom stereocenters. The minimum atomic E-state index is -3.10. The maximum atomic E-state index is 11.4. The highest BCUT2D eigenvalue weighted by molar-refractivity contribution is 7.90. The first-order chi connectivity index (χ1) is 9.24. The van der Waals surface area contributed by atoms with Gasteiger partial charge in [0.25, 0.3) is 0 Å². The van der Waals surface area contributed by atoms with Crippen molar-refractivity contribution < 1.29 is 8.42 Å². The fourth-order valence-electron chi connectivity index (χ4n) is 2.60. The molecule has 1 aliphatic carbocycles. The Balaban J connectivity index is 1.98. The topological polar surface area (TPSA) is 46.2 Å². The van der Waals surface area contributed by atoms with Crippen molar-refractivity contribution in [2.24, 2.45) is 11.3 Å². The highest BCUT2D eigenvalue weighted by Gasteiger charge is 2.44. The number of nitrogens with one attached hydrogen (secondary N) is 1. The van der Waals surface area contributed by atoms with E-state index in [9.17, 15) is 8.42 Å². The summed E-state index contributed by atoms with van der Waals surface area (Å²) in [7, 11) is -3.10. The van der Waals surface area contributed by atoms with E-state index in [-0.39, 0.29) is 6.04 Å². The lowest BCUT2D eigenvalue weighted by Gasteiger charge is -2.23. The summed E-state index contributed by atoms with van der Waals surface area (Å²) in [6.07, 6.45) is 3.87. The third-order valence-electron chi connectivity index (χ3n) is 4.69. The summed E-state index contributed by atoms with van der Waals surface area (Å²) >= 11 is 0. The average Bonchev–Trinajstić information content (AvgIpc) is 3.16. The van der Waals surface area contributed by atoms with Crippen molar-refractivity contribution in [2.75, 3.05) is 12.8 Å². The van der Waals surface area contributed by atoms with Gasteiger partial charge in [-0.1, -0.05) is 26.0 Å². The summed E-state index contributed by atoms with van der Waals surface area (Å²) < 4.78 is 22.9. The second-order valence-electron chi connectivity index (χ2n) is 6.46. The van der Waals surface area contributed by atoms with E-state index in [0.717, 1.165) is 18.0 Å².